The Bertz CT molecular complexity index is 297. The molecule has 1 fully saturated rings. The second-order valence-corrected chi connectivity index (χ2v) is 4.34. The molecular formula is C11H15ClN2. The summed E-state index contributed by atoms with van der Waals surface area (Å²) >= 11 is 5.73. The van der Waals surface area contributed by atoms with E-state index in [0.717, 1.165) is 6.54 Å². The molecule has 14 heavy (non-hydrogen) atoms. The van der Waals surface area contributed by atoms with Gasteiger partial charge in [0, 0.05) is 18.8 Å². The average Bonchev–Trinajstić information content (AvgIpc) is 2.56. The Hall–Kier alpha value is -0.600. The summed E-state index contributed by atoms with van der Waals surface area (Å²) < 4.78 is 0. The third-order valence-corrected chi connectivity index (χ3v) is 3.09. The fraction of sp³-hybridized carbons (Fsp3) is 0.545. The Morgan fingerprint density at radius 2 is 2.43 bits per heavy atom. The zero-order valence-electron chi connectivity index (χ0n) is 8.41. The predicted molar refractivity (Wildman–Crippen MR) is 58.4 cm³/mol. The normalized spacial score (nSPS) is 22.9. The predicted octanol–water partition coefficient (Wildman–Crippen LogP) is 2.72. The molecular weight excluding hydrogens is 196 g/mol. The van der Waals surface area contributed by atoms with E-state index in [-0.39, 0.29) is 0 Å². The monoisotopic (exact) mass is 210 g/mol. The minimum absolute atomic E-state index is 0.572. The van der Waals surface area contributed by atoms with E-state index in [1.807, 2.05) is 12.3 Å². The highest BCUT2D eigenvalue weighted by molar-refractivity contribution is 6.29. The molecule has 1 aliphatic heterocycles. The van der Waals surface area contributed by atoms with Crippen LogP contribution in [0.15, 0.2) is 18.3 Å². The Morgan fingerprint density at radius 1 is 1.57 bits per heavy atom. The van der Waals surface area contributed by atoms with Crippen molar-refractivity contribution in [3.05, 3.63) is 29.0 Å². The molecule has 2 rings (SSSR count). The molecule has 1 unspecified atom stereocenters. The molecule has 0 amide bonds. The van der Waals surface area contributed by atoms with Crippen LogP contribution in [0.1, 0.15) is 25.3 Å². The van der Waals surface area contributed by atoms with E-state index in [2.05, 4.69) is 22.9 Å². The summed E-state index contributed by atoms with van der Waals surface area (Å²) in [5.74, 6) is 0. The first-order chi connectivity index (χ1) is 6.75. The van der Waals surface area contributed by atoms with Crippen LogP contribution in [0.4, 0.5) is 0 Å². The number of nitrogens with zero attached hydrogens (tertiary/aromatic N) is 2. The van der Waals surface area contributed by atoms with Crippen LogP contribution >= 0.6 is 11.6 Å². The van der Waals surface area contributed by atoms with Crippen LogP contribution in [-0.2, 0) is 6.54 Å². The Kier molecular flexibility index (Phi) is 3.04. The lowest BCUT2D eigenvalue weighted by Crippen LogP contribution is -2.26. The summed E-state index contributed by atoms with van der Waals surface area (Å²) in [7, 11) is 0. The fourth-order valence-electron chi connectivity index (χ4n) is 1.96. The van der Waals surface area contributed by atoms with Crippen molar-refractivity contribution in [2.75, 3.05) is 6.54 Å². The van der Waals surface area contributed by atoms with Crippen molar-refractivity contribution in [1.29, 1.82) is 0 Å². The number of hydrogen-bond acceptors (Lipinski definition) is 2. The molecule has 0 N–H and O–H groups in total. The molecule has 2 nitrogen and oxygen atoms in total. The molecule has 1 aliphatic rings. The summed E-state index contributed by atoms with van der Waals surface area (Å²) in [6.45, 7) is 4.51. The number of likely N-dealkylation sites (tertiary alicyclic amines) is 1. The van der Waals surface area contributed by atoms with Gasteiger partial charge < -0.3 is 0 Å². The highest BCUT2D eigenvalue weighted by atomic mass is 35.5. The topological polar surface area (TPSA) is 16.1 Å². The van der Waals surface area contributed by atoms with Crippen molar-refractivity contribution in [2.45, 2.75) is 32.4 Å². The second kappa shape index (κ2) is 4.28. The number of aromatic nitrogens is 1. The SMILES string of the molecule is CC1CCCN1Cc1ccc(Cl)nc1. The number of halogens is 1. The lowest BCUT2D eigenvalue weighted by Gasteiger charge is -2.20. The smallest absolute Gasteiger partial charge is 0.129 e. The molecule has 1 aromatic rings. The first-order valence-electron chi connectivity index (χ1n) is 5.10. The van der Waals surface area contributed by atoms with Gasteiger partial charge in [-0.3, -0.25) is 4.90 Å². The van der Waals surface area contributed by atoms with Gasteiger partial charge in [-0.05, 0) is 37.9 Å². The van der Waals surface area contributed by atoms with Crippen molar-refractivity contribution in [3.8, 4) is 0 Å². The molecule has 3 heteroatoms. The van der Waals surface area contributed by atoms with Gasteiger partial charge >= 0.3 is 0 Å². The second-order valence-electron chi connectivity index (χ2n) is 3.95. The van der Waals surface area contributed by atoms with E-state index in [0.29, 0.717) is 11.2 Å². The van der Waals surface area contributed by atoms with Gasteiger partial charge in [-0.2, -0.15) is 0 Å². The van der Waals surface area contributed by atoms with Gasteiger partial charge in [0.2, 0.25) is 0 Å². The third kappa shape index (κ3) is 2.25. The van der Waals surface area contributed by atoms with Crippen LogP contribution in [0.2, 0.25) is 5.15 Å². The van der Waals surface area contributed by atoms with E-state index in [1.165, 1.54) is 24.9 Å². The maximum Gasteiger partial charge on any atom is 0.129 e. The Balaban J connectivity index is 2.00. The molecule has 1 atom stereocenters. The number of rotatable bonds is 2. The summed E-state index contributed by atoms with van der Waals surface area (Å²) in [6.07, 6.45) is 4.51. The lowest BCUT2D eigenvalue weighted by molar-refractivity contribution is 0.260. The third-order valence-electron chi connectivity index (χ3n) is 2.86. The van der Waals surface area contributed by atoms with Gasteiger partial charge in [-0.15, -0.1) is 0 Å². The molecule has 2 heterocycles. The van der Waals surface area contributed by atoms with Gasteiger partial charge in [0.25, 0.3) is 0 Å². The van der Waals surface area contributed by atoms with Crippen LogP contribution in [0, 0.1) is 0 Å². The zero-order valence-corrected chi connectivity index (χ0v) is 9.17. The Morgan fingerprint density at radius 3 is 3.00 bits per heavy atom. The largest absolute Gasteiger partial charge is 0.296 e. The Labute approximate surface area is 89.9 Å². The molecule has 0 saturated carbocycles. The van der Waals surface area contributed by atoms with Gasteiger partial charge in [0.05, 0.1) is 0 Å². The molecule has 76 valence electrons. The highest BCUT2D eigenvalue weighted by Gasteiger charge is 2.19. The summed E-state index contributed by atoms with van der Waals surface area (Å²) in [5, 5.41) is 0.572. The van der Waals surface area contributed by atoms with Gasteiger partial charge in [-0.1, -0.05) is 17.7 Å². The zero-order chi connectivity index (χ0) is 9.97. The van der Waals surface area contributed by atoms with E-state index in [9.17, 15) is 0 Å². The van der Waals surface area contributed by atoms with E-state index >= 15 is 0 Å². The number of hydrogen-bond donors (Lipinski definition) is 0. The lowest BCUT2D eigenvalue weighted by atomic mass is 10.2. The van der Waals surface area contributed by atoms with Crippen LogP contribution in [0.25, 0.3) is 0 Å². The summed E-state index contributed by atoms with van der Waals surface area (Å²) in [4.78, 5) is 6.58. The minimum Gasteiger partial charge on any atom is -0.296 e. The molecule has 0 spiro atoms. The molecule has 0 aliphatic carbocycles. The van der Waals surface area contributed by atoms with E-state index < -0.39 is 0 Å². The standard InChI is InChI=1S/C11H15ClN2/c1-9-3-2-6-14(9)8-10-4-5-11(12)13-7-10/h4-5,7,9H,2-3,6,8H2,1H3. The molecule has 1 saturated heterocycles. The highest BCUT2D eigenvalue weighted by Crippen LogP contribution is 2.19. The fourth-order valence-corrected chi connectivity index (χ4v) is 2.07. The van der Waals surface area contributed by atoms with Gasteiger partial charge in [-0.25, -0.2) is 4.98 Å². The molecule has 1 aromatic heterocycles. The maximum absolute atomic E-state index is 5.73. The molecule has 0 aromatic carbocycles. The first-order valence-corrected chi connectivity index (χ1v) is 5.48. The average molecular weight is 211 g/mol. The van der Waals surface area contributed by atoms with Crippen molar-refractivity contribution >= 4 is 11.6 Å². The van der Waals surface area contributed by atoms with Crippen LogP contribution in [0.5, 0.6) is 0 Å². The van der Waals surface area contributed by atoms with Crippen molar-refractivity contribution < 1.29 is 0 Å². The molecule has 0 bridgehead atoms. The van der Waals surface area contributed by atoms with E-state index in [4.69, 9.17) is 11.6 Å². The number of pyridine rings is 1. The maximum atomic E-state index is 5.73. The molecule has 0 radical (unpaired) electrons. The van der Waals surface area contributed by atoms with Crippen molar-refractivity contribution in [2.24, 2.45) is 0 Å². The minimum atomic E-state index is 0.572. The summed E-state index contributed by atoms with van der Waals surface area (Å²) in [6, 6.07) is 4.63. The van der Waals surface area contributed by atoms with Crippen molar-refractivity contribution in [1.82, 2.24) is 9.88 Å². The van der Waals surface area contributed by atoms with Gasteiger partial charge in [0.1, 0.15) is 5.15 Å². The van der Waals surface area contributed by atoms with Gasteiger partial charge in [0.15, 0.2) is 0 Å². The van der Waals surface area contributed by atoms with Crippen LogP contribution in [-0.4, -0.2) is 22.5 Å². The van der Waals surface area contributed by atoms with Crippen molar-refractivity contribution in [3.63, 3.8) is 0 Å². The van der Waals surface area contributed by atoms with Crippen LogP contribution < -0.4 is 0 Å². The summed E-state index contributed by atoms with van der Waals surface area (Å²) in [5.41, 5.74) is 1.25. The first kappa shape index (κ1) is 9.94. The van der Waals surface area contributed by atoms with Crippen LogP contribution in [0.3, 0.4) is 0 Å². The van der Waals surface area contributed by atoms with E-state index in [1.54, 1.807) is 0 Å². The quantitative estimate of drug-likeness (QED) is 0.698.